The van der Waals surface area contributed by atoms with Crippen LogP contribution in [0.4, 0.5) is 0 Å². The van der Waals surface area contributed by atoms with Crippen LogP contribution in [0, 0.1) is 0 Å². The third-order valence-corrected chi connectivity index (χ3v) is 7.11. The van der Waals surface area contributed by atoms with Crippen LogP contribution in [-0.4, -0.2) is 69.2 Å². The topological polar surface area (TPSA) is 52.7 Å². The van der Waals surface area contributed by atoms with Crippen LogP contribution >= 0.6 is 11.8 Å². The van der Waals surface area contributed by atoms with Gasteiger partial charge in [-0.15, -0.1) is 11.8 Å². The van der Waals surface area contributed by atoms with Crippen molar-refractivity contribution >= 4 is 21.8 Å². The van der Waals surface area contributed by atoms with Crippen LogP contribution in [0.5, 0.6) is 0 Å². The molecule has 0 aliphatic carbocycles. The lowest BCUT2D eigenvalue weighted by atomic mass is 10.2. The van der Waals surface area contributed by atoms with Crippen molar-refractivity contribution in [2.45, 2.75) is 22.3 Å². The second-order valence-corrected chi connectivity index (χ2v) is 8.58. The molecular formula is C15H23N3O2S2. The third kappa shape index (κ3) is 3.33. The van der Waals surface area contributed by atoms with E-state index in [-0.39, 0.29) is 0 Å². The highest BCUT2D eigenvalue weighted by atomic mass is 32.2. The predicted octanol–water partition coefficient (Wildman–Crippen LogP) is 1.08. The first-order chi connectivity index (χ1) is 10.6. The molecule has 7 heteroatoms. The van der Waals surface area contributed by atoms with Crippen molar-refractivity contribution in [3.8, 4) is 0 Å². The number of thioether (sulfide) groups is 1. The molecule has 2 heterocycles. The minimum atomic E-state index is -3.35. The monoisotopic (exact) mass is 341 g/mol. The summed E-state index contributed by atoms with van der Waals surface area (Å²) < 4.78 is 27.1. The van der Waals surface area contributed by atoms with E-state index in [0.29, 0.717) is 24.0 Å². The van der Waals surface area contributed by atoms with Crippen LogP contribution in [0.25, 0.3) is 0 Å². The molecule has 0 bridgehead atoms. The fourth-order valence-corrected chi connectivity index (χ4v) is 5.07. The summed E-state index contributed by atoms with van der Waals surface area (Å²) in [6, 6.07) is 7.56. The molecule has 0 amide bonds. The standard InChI is InChI=1S/C15H23N3O2S2/c1-21-14-2-4-15(5-3-14)22(19,20)18-9-6-13(12-18)17-10-7-16-8-11-17/h2-5,13,16H,6-12H2,1H3. The summed E-state index contributed by atoms with van der Waals surface area (Å²) in [6.45, 7) is 5.27. The van der Waals surface area contributed by atoms with E-state index in [9.17, 15) is 8.42 Å². The molecule has 3 rings (SSSR count). The van der Waals surface area contributed by atoms with Crippen molar-refractivity contribution in [3.05, 3.63) is 24.3 Å². The highest BCUT2D eigenvalue weighted by molar-refractivity contribution is 7.98. The molecule has 2 fully saturated rings. The lowest BCUT2D eigenvalue weighted by Crippen LogP contribution is -2.49. The number of nitrogens with zero attached hydrogens (tertiary/aromatic N) is 2. The molecule has 22 heavy (non-hydrogen) atoms. The predicted molar refractivity (Wildman–Crippen MR) is 89.8 cm³/mol. The van der Waals surface area contributed by atoms with E-state index < -0.39 is 10.0 Å². The largest absolute Gasteiger partial charge is 0.314 e. The summed E-state index contributed by atoms with van der Waals surface area (Å²) in [5.74, 6) is 0. The van der Waals surface area contributed by atoms with E-state index >= 15 is 0 Å². The Hall–Kier alpha value is -0.600. The Bertz CT molecular complexity index is 598. The Morgan fingerprint density at radius 3 is 2.45 bits per heavy atom. The van der Waals surface area contributed by atoms with Crippen LogP contribution in [-0.2, 0) is 10.0 Å². The Labute approximate surface area is 137 Å². The van der Waals surface area contributed by atoms with Crippen molar-refractivity contribution in [2.75, 3.05) is 45.5 Å². The van der Waals surface area contributed by atoms with Crippen molar-refractivity contribution in [2.24, 2.45) is 0 Å². The van der Waals surface area contributed by atoms with Gasteiger partial charge in [0.15, 0.2) is 0 Å². The lowest BCUT2D eigenvalue weighted by molar-refractivity contribution is 0.179. The van der Waals surface area contributed by atoms with Gasteiger partial charge in [-0.25, -0.2) is 8.42 Å². The van der Waals surface area contributed by atoms with Gasteiger partial charge in [-0.1, -0.05) is 0 Å². The zero-order chi connectivity index (χ0) is 15.6. The fourth-order valence-electron chi connectivity index (χ4n) is 3.17. The third-order valence-electron chi connectivity index (χ3n) is 4.49. The van der Waals surface area contributed by atoms with Gasteiger partial charge in [0.05, 0.1) is 4.90 Å². The zero-order valence-electron chi connectivity index (χ0n) is 12.9. The molecule has 122 valence electrons. The second kappa shape index (κ2) is 6.88. The molecule has 2 aliphatic heterocycles. The average Bonchev–Trinajstić information content (AvgIpc) is 3.06. The Kier molecular flexibility index (Phi) is 5.09. The quantitative estimate of drug-likeness (QED) is 0.831. The molecule has 2 aliphatic rings. The highest BCUT2D eigenvalue weighted by Gasteiger charge is 2.35. The van der Waals surface area contributed by atoms with Crippen LogP contribution < -0.4 is 5.32 Å². The number of nitrogens with one attached hydrogen (secondary N) is 1. The minimum absolute atomic E-state index is 0.363. The minimum Gasteiger partial charge on any atom is -0.314 e. The molecule has 1 unspecified atom stereocenters. The summed E-state index contributed by atoms with van der Waals surface area (Å²) in [5, 5.41) is 3.34. The number of piperazine rings is 1. The highest BCUT2D eigenvalue weighted by Crippen LogP contribution is 2.25. The van der Waals surface area contributed by atoms with E-state index in [1.54, 1.807) is 28.2 Å². The van der Waals surface area contributed by atoms with Gasteiger partial charge >= 0.3 is 0 Å². The van der Waals surface area contributed by atoms with Gasteiger partial charge in [0.2, 0.25) is 10.0 Å². The molecule has 1 atom stereocenters. The van der Waals surface area contributed by atoms with Crippen molar-refractivity contribution in [1.82, 2.24) is 14.5 Å². The SMILES string of the molecule is CSc1ccc(S(=O)(=O)N2CCC(N3CCNCC3)C2)cc1. The summed E-state index contributed by atoms with van der Waals surface area (Å²) >= 11 is 1.62. The molecule has 1 aromatic carbocycles. The van der Waals surface area contributed by atoms with Gasteiger partial charge < -0.3 is 5.32 Å². The van der Waals surface area contributed by atoms with Crippen LogP contribution in [0.1, 0.15) is 6.42 Å². The number of hydrogen-bond acceptors (Lipinski definition) is 5. The summed E-state index contributed by atoms with van der Waals surface area (Å²) in [7, 11) is -3.35. The summed E-state index contributed by atoms with van der Waals surface area (Å²) in [6.07, 6.45) is 2.92. The molecule has 0 saturated carbocycles. The molecule has 0 radical (unpaired) electrons. The average molecular weight is 342 g/mol. The van der Waals surface area contributed by atoms with Gasteiger partial charge in [-0.2, -0.15) is 4.31 Å². The van der Waals surface area contributed by atoms with Gasteiger partial charge in [0.1, 0.15) is 0 Å². The van der Waals surface area contributed by atoms with Crippen LogP contribution in [0.15, 0.2) is 34.1 Å². The van der Waals surface area contributed by atoms with E-state index in [1.165, 1.54) is 0 Å². The molecule has 0 spiro atoms. The maximum atomic E-state index is 12.8. The van der Waals surface area contributed by atoms with Crippen LogP contribution in [0.3, 0.4) is 0 Å². The van der Waals surface area contributed by atoms with E-state index in [1.807, 2.05) is 18.4 Å². The maximum absolute atomic E-state index is 12.8. The first-order valence-electron chi connectivity index (χ1n) is 7.70. The van der Waals surface area contributed by atoms with E-state index in [0.717, 1.165) is 37.5 Å². The van der Waals surface area contributed by atoms with Crippen molar-refractivity contribution in [3.63, 3.8) is 0 Å². The fraction of sp³-hybridized carbons (Fsp3) is 0.600. The number of sulfonamides is 1. The smallest absolute Gasteiger partial charge is 0.243 e. The first kappa shape index (κ1) is 16.3. The Balaban J connectivity index is 1.70. The van der Waals surface area contributed by atoms with Crippen molar-refractivity contribution < 1.29 is 8.42 Å². The summed E-state index contributed by atoms with van der Waals surface area (Å²) in [5.41, 5.74) is 0. The van der Waals surface area contributed by atoms with E-state index in [2.05, 4.69) is 10.2 Å². The van der Waals surface area contributed by atoms with Gasteiger partial charge in [-0.05, 0) is 36.9 Å². The van der Waals surface area contributed by atoms with Crippen molar-refractivity contribution in [1.29, 1.82) is 0 Å². The normalized spacial score (nSPS) is 24.7. The zero-order valence-corrected chi connectivity index (χ0v) is 14.5. The first-order valence-corrected chi connectivity index (χ1v) is 10.4. The van der Waals surface area contributed by atoms with E-state index in [4.69, 9.17) is 0 Å². The second-order valence-electron chi connectivity index (χ2n) is 5.77. The number of rotatable bonds is 4. The van der Waals surface area contributed by atoms with Gasteiger partial charge in [-0.3, -0.25) is 4.90 Å². The van der Waals surface area contributed by atoms with Gasteiger partial charge in [0, 0.05) is 50.2 Å². The number of benzene rings is 1. The Morgan fingerprint density at radius 1 is 1.14 bits per heavy atom. The van der Waals surface area contributed by atoms with Crippen LogP contribution in [0.2, 0.25) is 0 Å². The molecule has 2 saturated heterocycles. The molecular weight excluding hydrogens is 318 g/mol. The number of hydrogen-bond donors (Lipinski definition) is 1. The summed E-state index contributed by atoms with van der Waals surface area (Å²) in [4.78, 5) is 3.91. The Morgan fingerprint density at radius 2 is 1.82 bits per heavy atom. The lowest BCUT2D eigenvalue weighted by Gasteiger charge is -2.32. The molecule has 1 aromatic rings. The molecule has 5 nitrogen and oxygen atoms in total. The molecule has 1 N–H and O–H groups in total. The maximum Gasteiger partial charge on any atom is 0.243 e. The molecule has 0 aromatic heterocycles. The van der Waals surface area contributed by atoms with Gasteiger partial charge in [0.25, 0.3) is 0 Å².